The molecule has 0 amide bonds. The molecule has 0 spiro atoms. The Morgan fingerprint density at radius 2 is 2.33 bits per heavy atom. The molecule has 2 aliphatic heterocycles. The quantitative estimate of drug-likeness (QED) is 0.806. The lowest BCUT2D eigenvalue weighted by Crippen LogP contribution is -2.41. The number of nitrogens with one attached hydrogen (secondary N) is 1. The van der Waals surface area contributed by atoms with Crippen molar-refractivity contribution in [1.82, 2.24) is 4.98 Å². The van der Waals surface area contributed by atoms with Crippen molar-refractivity contribution in [1.29, 1.82) is 0 Å². The van der Waals surface area contributed by atoms with E-state index in [2.05, 4.69) is 4.98 Å². The molecule has 1 aromatic carbocycles. The van der Waals surface area contributed by atoms with Gasteiger partial charge in [-0.2, -0.15) is 0 Å². The number of fused-ring (bicyclic) bond motifs is 5. The Kier molecular flexibility index (Phi) is 4.10. The van der Waals surface area contributed by atoms with Crippen LogP contribution in [0.3, 0.4) is 0 Å². The number of halogens is 1. The minimum Gasteiger partial charge on any atom is -0.493 e. The van der Waals surface area contributed by atoms with Gasteiger partial charge in [0.05, 0.1) is 18.2 Å². The van der Waals surface area contributed by atoms with Crippen molar-refractivity contribution in [2.45, 2.75) is 23.1 Å². The van der Waals surface area contributed by atoms with Crippen LogP contribution in [0.1, 0.15) is 23.3 Å². The number of ether oxygens (including phenoxy) is 2. The highest BCUT2D eigenvalue weighted by molar-refractivity contribution is 8.00. The third kappa shape index (κ3) is 2.55. The highest BCUT2D eigenvalue weighted by Gasteiger charge is 2.47. The number of carbonyl (C=O) groups excluding carboxylic acids is 1. The molecule has 2 aliphatic rings. The molecule has 0 bridgehead atoms. The number of esters is 1. The fraction of sp³-hybridized carbons (Fsp3) is 0.375. The van der Waals surface area contributed by atoms with Crippen LogP contribution in [-0.4, -0.2) is 29.4 Å². The van der Waals surface area contributed by atoms with Crippen molar-refractivity contribution in [3.8, 4) is 5.75 Å². The van der Waals surface area contributed by atoms with Gasteiger partial charge < -0.3 is 14.5 Å². The van der Waals surface area contributed by atoms with E-state index >= 15 is 0 Å². The van der Waals surface area contributed by atoms with Gasteiger partial charge in [0, 0.05) is 27.3 Å². The fourth-order valence-corrected chi connectivity index (χ4v) is 5.95. The van der Waals surface area contributed by atoms with Crippen LogP contribution in [-0.2, 0) is 9.53 Å². The molecule has 0 fully saturated rings. The van der Waals surface area contributed by atoms with Gasteiger partial charge in [-0.3, -0.25) is 9.59 Å². The van der Waals surface area contributed by atoms with Gasteiger partial charge in [-0.25, -0.2) is 0 Å². The van der Waals surface area contributed by atoms with Crippen LogP contribution in [0.4, 0.5) is 0 Å². The zero-order chi connectivity index (χ0) is 16.8. The number of thioether (sulfide) groups is 1. The summed E-state index contributed by atoms with van der Waals surface area (Å²) < 4.78 is 11.1. The first-order valence-corrected chi connectivity index (χ1v) is 9.64. The molecule has 126 valence electrons. The molecule has 0 aliphatic carbocycles. The van der Waals surface area contributed by atoms with Crippen molar-refractivity contribution in [2.24, 2.45) is 5.92 Å². The third-order valence-corrected chi connectivity index (χ3v) is 6.93. The number of hydrogen-bond donors (Lipinski definition) is 1. The minimum atomic E-state index is -0.417. The van der Waals surface area contributed by atoms with Crippen LogP contribution >= 0.6 is 34.7 Å². The average Bonchev–Trinajstić information content (AvgIpc) is 2.93. The van der Waals surface area contributed by atoms with E-state index in [9.17, 15) is 9.59 Å². The molecular weight excluding hydrogens is 370 g/mol. The molecular formula is C16H14ClNO4S2. The van der Waals surface area contributed by atoms with E-state index in [-0.39, 0.29) is 22.7 Å². The van der Waals surface area contributed by atoms with Crippen molar-refractivity contribution in [3.05, 3.63) is 43.3 Å². The largest absolute Gasteiger partial charge is 0.493 e. The SMILES string of the molecule is CCOC(=O)[C@H]1Sc2[nH]c(=O)sc2[C@H]2c3cc(Cl)ccc3OC[C@@H]21. The summed E-state index contributed by atoms with van der Waals surface area (Å²) in [5, 5.41) is 0.935. The standard InChI is InChI=1S/C16H14ClNO4S2/c1-2-21-15(19)12-9-6-22-10-4-3-7(17)5-8(10)11(9)13-14(23-12)18-16(20)24-13/h3-5,9,11-12H,2,6H2,1H3,(H,18,20)/t9-,11-,12-/m0/s1. The zero-order valence-electron chi connectivity index (χ0n) is 12.7. The molecule has 2 aromatic rings. The number of aromatic nitrogens is 1. The maximum Gasteiger partial charge on any atom is 0.319 e. The number of H-pyrrole nitrogens is 1. The summed E-state index contributed by atoms with van der Waals surface area (Å²) in [6.45, 7) is 2.51. The molecule has 0 radical (unpaired) electrons. The maximum atomic E-state index is 12.4. The van der Waals surface area contributed by atoms with Gasteiger partial charge in [-0.05, 0) is 25.1 Å². The van der Waals surface area contributed by atoms with Crippen LogP contribution in [0.5, 0.6) is 5.75 Å². The highest BCUT2D eigenvalue weighted by Crippen LogP contribution is 2.53. The minimum absolute atomic E-state index is 0.0953. The van der Waals surface area contributed by atoms with E-state index in [4.69, 9.17) is 21.1 Å². The summed E-state index contributed by atoms with van der Waals surface area (Å²) in [5.41, 5.74) is 0.921. The average molecular weight is 384 g/mol. The lowest BCUT2D eigenvalue weighted by molar-refractivity contribution is -0.144. The molecule has 1 aromatic heterocycles. The molecule has 0 saturated heterocycles. The van der Waals surface area contributed by atoms with E-state index in [0.29, 0.717) is 18.2 Å². The van der Waals surface area contributed by atoms with Gasteiger partial charge in [0.1, 0.15) is 11.0 Å². The van der Waals surface area contributed by atoms with E-state index in [1.807, 2.05) is 12.1 Å². The second-order valence-corrected chi connectivity index (χ2v) is 8.24. The molecule has 1 N–H and O–H groups in total. The number of benzene rings is 1. The van der Waals surface area contributed by atoms with Crippen LogP contribution in [0.2, 0.25) is 5.02 Å². The first-order valence-electron chi connectivity index (χ1n) is 7.57. The first-order chi connectivity index (χ1) is 11.6. The molecule has 0 saturated carbocycles. The summed E-state index contributed by atoms with van der Waals surface area (Å²) in [6, 6.07) is 5.48. The van der Waals surface area contributed by atoms with Crippen LogP contribution in [0.25, 0.3) is 0 Å². The molecule has 8 heteroatoms. The fourth-order valence-electron chi connectivity index (χ4n) is 3.28. The van der Waals surface area contributed by atoms with E-state index in [1.165, 1.54) is 23.1 Å². The maximum absolute atomic E-state index is 12.4. The third-order valence-electron chi connectivity index (χ3n) is 4.24. The summed E-state index contributed by atoms with van der Waals surface area (Å²) in [5.74, 6) is 0.284. The number of hydrogen-bond acceptors (Lipinski definition) is 6. The zero-order valence-corrected chi connectivity index (χ0v) is 15.1. The van der Waals surface area contributed by atoms with Crippen molar-refractivity contribution < 1.29 is 14.3 Å². The van der Waals surface area contributed by atoms with Gasteiger partial charge in [0.2, 0.25) is 0 Å². The van der Waals surface area contributed by atoms with Gasteiger partial charge >= 0.3 is 10.8 Å². The molecule has 4 rings (SSSR count). The number of thiazole rings is 1. The summed E-state index contributed by atoms with van der Waals surface area (Å²) in [7, 11) is 0. The van der Waals surface area contributed by atoms with E-state index in [1.54, 1.807) is 13.0 Å². The monoisotopic (exact) mass is 383 g/mol. The van der Waals surface area contributed by atoms with Gasteiger partial charge in [0.25, 0.3) is 0 Å². The Bertz CT molecular complexity index is 862. The normalized spacial score (nSPS) is 24.3. The van der Waals surface area contributed by atoms with Crippen LogP contribution < -0.4 is 9.61 Å². The second kappa shape index (κ2) is 6.13. The van der Waals surface area contributed by atoms with Gasteiger partial charge in [0.15, 0.2) is 0 Å². The Hall–Kier alpha value is -1.44. The topological polar surface area (TPSA) is 68.4 Å². The molecule has 24 heavy (non-hydrogen) atoms. The van der Waals surface area contributed by atoms with Crippen LogP contribution in [0, 0.1) is 5.92 Å². The highest BCUT2D eigenvalue weighted by atomic mass is 35.5. The Balaban J connectivity index is 1.86. The van der Waals surface area contributed by atoms with E-state index < -0.39 is 5.25 Å². The van der Waals surface area contributed by atoms with Gasteiger partial charge in [-0.15, -0.1) is 0 Å². The van der Waals surface area contributed by atoms with Gasteiger partial charge in [-0.1, -0.05) is 34.7 Å². The predicted molar refractivity (Wildman–Crippen MR) is 93.5 cm³/mol. The molecule has 5 nitrogen and oxygen atoms in total. The molecule has 0 unspecified atom stereocenters. The lowest BCUT2D eigenvalue weighted by Gasteiger charge is -2.39. The Morgan fingerprint density at radius 3 is 3.12 bits per heavy atom. The molecule has 3 heterocycles. The number of carbonyl (C=O) groups is 1. The second-order valence-electron chi connectivity index (χ2n) is 5.63. The summed E-state index contributed by atoms with van der Waals surface area (Å²) in [6.07, 6.45) is 0. The van der Waals surface area contributed by atoms with Crippen molar-refractivity contribution in [3.63, 3.8) is 0 Å². The lowest BCUT2D eigenvalue weighted by atomic mass is 9.80. The van der Waals surface area contributed by atoms with Crippen LogP contribution in [0.15, 0.2) is 28.0 Å². The molecule has 3 atom stereocenters. The van der Waals surface area contributed by atoms with Crippen molar-refractivity contribution in [2.75, 3.05) is 13.2 Å². The number of rotatable bonds is 2. The number of aromatic amines is 1. The predicted octanol–water partition coefficient (Wildman–Crippen LogP) is 3.27. The Labute approximate surface area is 151 Å². The summed E-state index contributed by atoms with van der Waals surface area (Å²) in [4.78, 5) is 28.0. The Morgan fingerprint density at radius 1 is 1.50 bits per heavy atom. The van der Waals surface area contributed by atoms with E-state index in [0.717, 1.165) is 21.2 Å². The smallest absolute Gasteiger partial charge is 0.319 e. The summed E-state index contributed by atoms with van der Waals surface area (Å²) >= 11 is 8.72. The van der Waals surface area contributed by atoms with Crippen molar-refractivity contribution >= 4 is 40.7 Å². The first kappa shape index (κ1) is 16.1.